The van der Waals surface area contributed by atoms with Gasteiger partial charge in [-0.25, -0.2) is 19.7 Å². The van der Waals surface area contributed by atoms with E-state index >= 15 is 0 Å². The van der Waals surface area contributed by atoms with Gasteiger partial charge in [-0.05, 0) is 48.9 Å². The van der Waals surface area contributed by atoms with E-state index in [0.29, 0.717) is 11.4 Å². The van der Waals surface area contributed by atoms with Crippen LogP contribution in [-0.2, 0) is 6.18 Å². The van der Waals surface area contributed by atoms with Crippen molar-refractivity contribution in [2.24, 2.45) is 0 Å². The Morgan fingerprint density at radius 3 is 2.52 bits per heavy atom. The predicted octanol–water partition coefficient (Wildman–Crippen LogP) is 4.19. The number of carbonyl (C=O) groups excluding carboxylic acids is 1. The number of nitrogens with one attached hydrogen (secondary N) is 2. The number of halogens is 3. The summed E-state index contributed by atoms with van der Waals surface area (Å²) in [5, 5.41) is 5.15. The van der Waals surface area contributed by atoms with E-state index in [-0.39, 0.29) is 19.2 Å². The summed E-state index contributed by atoms with van der Waals surface area (Å²) in [7, 11) is 0. The number of rotatable bonds is 7. The van der Waals surface area contributed by atoms with Crippen molar-refractivity contribution in [3.05, 3.63) is 66.1 Å². The van der Waals surface area contributed by atoms with Crippen LogP contribution in [0.25, 0.3) is 0 Å². The minimum absolute atomic E-state index is 0.0225. The SMILES string of the molecule is Cc1cc(Oc2ncccn2)ccc1NC(=O)NCCOc1ncccc1C(F)(F)F. The highest BCUT2D eigenvalue weighted by atomic mass is 19.4. The molecule has 0 radical (unpaired) electrons. The monoisotopic (exact) mass is 433 g/mol. The van der Waals surface area contributed by atoms with Crippen molar-refractivity contribution in [3.8, 4) is 17.6 Å². The first kappa shape index (κ1) is 21.8. The van der Waals surface area contributed by atoms with E-state index in [4.69, 9.17) is 9.47 Å². The van der Waals surface area contributed by atoms with Gasteiger partial charge < -0.3 is 20.1 Å². The smallest absolute Gasteiger partial charge is 0.421 e. The van der Waals surface area contributed by atoms with Gasteiger partial charge in [0.05, 0.1) is 6.54 Å². The fourth-order valence-corrected chi connectivity index (χ4v) is 2.48. The number of aromatic nitrogens is 3. The van der Waals surface area contributed by atoms with E-state index in [1.54, 1.807) is 43.6 Å². The zero-order chi connectivity index (χ0) is 22.3. The number of amides is 2. The summed E-state index contributed by atoms with van der Waals surface area (Å²) in [4.78, 5) is 23.6. The number of pyridine rings is 1. The van der Waals surface area contributed by atoms with Gasteiger partial charge in [0.15, 0.2) is 0 Å². The second kappa shape index (κ2) is 9.74. The summed E-state index contributed by atoms with van der Waals surface area (Å²) in [6, 6.07) is 8.37. The number of urea groups is 1. The lowest BCUT2D eigenvalue weighted by Crippen LogP contribution is -2.32. The number of alkyl halides is 3. The first-order chi connectivity index (χ1) is 14.8. The zero-order valence-corrected chi connectivity index (χ0v) is 16.3. The van der Waals surface area contributed by atoms with E-state index in [2.05, 4.69) is 25.6 Å². The molecule has 8 nitrogen and oxygen atoms in total. The van der Waals surface area contributed by atoms with Crippen molar-refractivity contribution in [1.82, 2.24) is 20.3 Å². The van der Waals surface area contributed by atoms with Crippen LogP contribution in [0.4, 0.5) is 23.7 Å². The number of anilines is 1. The number of aryl methyl sites for hydroxylation is 1. The highest BCUT2D eigenvalue weighted by molar-refractivity contribution is 5.90. The molecule has 162 valence electrons. The lowest BCUT2D eigenvalue weighted by Gasteiger charge is -2.13. The van der Waals surface area contributed by atoms with Crippen molar-refractivity contribution in [1.29, 1.82) is 0 Å². The lowest BCUT2D eigenvalue weighted by atomic mass is 10.2. The van der Waals surface area contributed by atoms with E-state index in [1.807, 2.05) is 0 Å². The van der Waals surface area contributed by atoms with Crippen molar-refractivity contribution in [3.63, 3.8) is 0 Å². The summed E-state index contributed by atoms with van der Waals surface area (Å²) < 4.78 is 49.3. The fraction of sp³-hybridized carbons (Fsp3) is 0.200. The molecular weight excluding hydrogens is 415 g/mol. The molecule has 11 heteroatoms. The maximum absolute atomic E-state index is 12.9. The number of ether oxygens (including phenoxy) is 2. The molecule has 2 heterocycles. The van der Waals surface area contributed by atoms with Crippen molar-refractivity contribution in [2.45, 2.75) is 13.1 Å². The largest absolute Gasteiger partial charge is 0.475 e. The van der Waals surface area contributed by atoms with Crippen LogP contribution in [0.2, 0.25) is 0 Å². The molecule has 0 spiro atoms. The predicted molar refractivity (Wildman–Crippen MR) is 105 cm³/mol. The maximum atomic E-state index is 12.9. The summed E-state index contributed by atoms with van der Waals surface area (Å²) in [6.45, 7) is 1.57. The molecule has 2 N–H and O–H groups in total. The Morgan fingerprint density at radius 2 is 1.81 bits per heavy atom. The Balaban J connectivity index is 1.48. The van der Waals surface area contributed by atoms with Gasteiger partial charge in [-0.2, -0.15) is 13.2 Å². The van der Waals surface area contributed by atoms with Gasteiger partial charge in [0.25, 0.3) is 0 Å². The Kier molecular flexibility index (Phi) is 6.85. The van der Waals surface area contributed by atoms with Gasteiger partial charge >= 0.3 is 18.2 Å². The Morgan fingerprint density at radius 1 is 1.06 bits per heavy atom. The van der Waals surface area contributed by atoms with E-state index < -0.39 is 23.7 Å². The molecule has 2 aromatic heterocycles. The van der Waals surface area contributed by atoms with Gasteiger partial charge in [-0.3, -0.25) is 0 Å². The molecule has 0 aliphatic carbocycles. The molecular formula is C20H18F3N5O3. The summed E-state index contributed by atoms with van der Waals surface area (Å²) in [5.74, 6) is -0.0371. The molecule has 1 aromatic carbocycles. The topological polar surface area (TPSA) is 98.3 Å². The standard InChI is InChI=1S/C20H18F3N5O3/c1-13-12-14(31-19-26-8-3-9-27-19)5-6-16(13)28-18(29)25-10-11-30-17-15(20(21,22)23)4-2-7-24-17/h2-9,12H,10-11H2,1H3,(H2,25,28,29). The molecule has 2 amide bonds. The highest BCUT2D eigenvalue weighted by Gasteiger charge is 2.35. The molecule has 0 aliphatic rings. The number of hydrogen-bond donors (Lipinski definition) is 2. The third-order valence-corrected chi connectivity index (χ3v) is 3.90. The van der Waals surface area contributed by atoms with E-state index in [9.17, 15) is 18.0 Å². The van der Waals surface area contributed by atoms with Gasteiger partial charge in [0.2, 0.25) is 5.88 Å². The lowest BCUT2D eigenvalue weighted by molar-refractivity contribution is -0.139. The molecule has 0 atom stereocenters. The second-order valence-corrected chi connectivity index (χ2v) is 6.19. The molecule has 3 rings (SSSR count). The molecule has 31 heavy (non-hydrogen) atoms. The fourth-order valence-electron chi connectivity index (χ4n) is 2.48. The molecule has 0 saturated heterocycles. The van der Waals surface area contributed by atoms with Gasteiger partial charge in [0, 0.05) is 24.3 Å². The van der Waals surface area contributed by atoms with Crippen LogP contribution < -0.4 is 20.1 Å². The Hall–Kier alpha value is -3.89. The van der Waals surface area contributed by atoms with E-state index in [1.165, 1.54) is 12.3 Å². The van der Waals surface area contributed by atoms with Crippen molar-refractivity contribution in [2.75, 3.05) is 18.5 Å². The van der Waals surface area contributed by atoms with Crippen LogP contribution >= 0.6 is 0 Å². The van der Waals surface area contributed by atoms with Crippen LogP contribution in [0, 0.1) is 6.92 Å². The van der Waals surface area contributed by atoms with E-state index in [0.717, 1.165) is 11.6 Å². The quantitative estimate of drug-likeness (QED) is 0.542. The minimum atomic E-state index is -4.57. The molecule has 0 saturated carbocycles. The molecule has 0 unspecified atom stereocenters. The Bertz CT molecular complexity index is 1030. The maximum Gasteiger partial charge on any atom is 0.421 e. The molecule has 0 bridgehead atoms. The third-order valence-electron chi connectivity index (χ3n) is 3.90. The number of hydrogen-bond acceptors (Lipinski definition) is 6. The van der Waals surface area contributed by atoms with Crippen LogP contribution in [0.15, 0.2) is 55.0 Å². The molecule has 3 aromatic rings. The van der Waals surface area contributed by atoms with Crippen molar-refractivity contribution < 1.29 is 27.4 Å². The minimum Gasteiger partial charge on any atom is -0.475 e. The van der Waals surface area contributed by atoms with Crippen molar-refractivity contribution >= 4 is 11.7 Å². The highest BCUT2D eigenvalue weighted by Crippen LogP contribution is 2.34. The average molecular weight is 433 g/mol. The van der Waals surface area contributed by atoms with Crippen LogP contribution in [-0.4, -0.2) is 34.1 Å². The summed E-state index contributed by atoms with van der Waals surface area (Å²) in [6.07, 6.45) is -0.271. The van der Waals surface area contributed by atoms with Gasteiger partial charge in [0.1, 0.15) is 17.9 Å². The van der Waals surface area contributed by atoms with Crippen LogP contribution in [0.3, 0.4) is 0 Å². The van der Waals surface area contributed by atoms with Crippen LogP contribution in [0.1, 0.15) is 11.1 Å². The normalized spacial score (nSPS) is 11.0. The zero-order valence-electron chi connectivity index (χ0n) is 16.3. The summed E-state index contributed by atoms with van der Waals surface area (Å²) >= 11 is 0. The number of benzene rings is 1. The molecule has 0 fully saturated rings. The van der Waals surface area contributed by atoms with Gasteiger partial charge in [-0.1, -0.05) is 0 Å². The first-order valence-electron chi connectivity index (χ1n) is 9.08. The third kappa shape index (κ3) is 6.29. The first-order valence-corrected chi connectivity index (χ1v) is 9.08. The molecule has 0 aliphatic heterocycles. The second-order valence-electron chi connectivity index (χ2n) is 6.19. The Labute approximate surface area is 175 Å². The number of nitrogens with zero attached hydrogens (tertiary/aromatic N) is 3. The van der Waals surface area contributed by atoms with Crippen LogP contribution in [0.5, 0.6) is 17.6 Å². The average Bonchev–Trinajstić information content (AvgIpc) is 2.73. The number of carbonyl (C=O) groups is 1. The van der Waals surface area contributed by atoms with Gasteiger partial charge in [-0.15, -0.1) is 0 Å². The summed E-state index contributed by atoms with van der Waals surface area (Å²) in [5.41, 5.74) is 0.283.